The molecule has 0 atom stereocenters. The highest BCUT2D eigenvalue weighted by Gasteiger charge is 2.44. The third-order valence-corrected chi connectivity index (χ3v) is 5.34. The number of carbonyl (C=O) groups is 1. The predicted octanol–water partition coefficient (Wildman–Crippen LogP) is 1.41. The van der Waals surface area contributed by atoms with Crippen LogP contribution in [-0.4, -0.2) is 79.0 Å². The maximum absolute atomic E-state index is 12.6. The van der Waals surface area contributed by atoms with Gasteiger partial charge >= 0.3 is 6.03 Å². The summed E-state index contributed by atoms with van der Waals surface area (Å²) in [6, 6.07) is 8.68. The number of aliphatic hydroxyl groups excluding tert-OH is 1. The number of urea groups is 1. The monoisotopic (exact) mass is 361 g/mol. The lowest BCUT2D eigenvalue weighted by Crippen LogP contribution is -2.54. The second kappa shape index (κ2) is 8.84. The SMILES string of the molecule is Cc1ccc(CC2(NC(=O)N3CCN(CCOCCO)CC3)CC2)cc1. The largest absolute Gasteiger partial charge is 0.394 e. The molecule has 2 N–H and O–H groups in total. The van der Waals surface area contributed by atoms with Crippen LogP contribution in [-0.2, 0) is 11.2 Å². The van der Waals surface area contributed by atoms with Gasteiger partial charge < -0.3 is 20.1 Å². The minimum Gasteiger partial charge on any atom is -0.394 e. The lowest BCUT2D eigenvalue weighted by molar-refractivity contribution is 0.0616. The van der Waals surface area contributed by atoms with E-state index in [-0.39, 0.29) is 18.2 Å². The molecule has 0 radical (unpaired) electrons. The van der Waals surface area contributed by atoms with Crippen LogP contribution in [0.25, 0.3) is 0 Å². The molecule has 2 fully saturated rings. The molecule has 6 heteroatoms. The lowest BCUT2D eigenvalue weighted by Gasteiger charge is -2.35. The number of piperazine rings is 1. The number of hydrogen-bond acceptors (Lipinski definition) is 4. The number of nitrogens with one attached hydrogen (secondary N) is 1. The molecule has 3 rings (SSSR count). The Kier molecular flexibility index (Phi) is 6.51. The third kappa shape index (κ3) is 5.43. The lowest BCUT2D eigenvalue weighted by atomic mass is 10.0. The molecule has 0 bridgehead atoms. The normalized spacial score (nSPS) is 19.4. The van der Waals surface area contributed by atoms with Gasteiger partial charge in [-0.05, 0) is 31.7 Å². The van der Waals surface area contributed by atoms with Crippen molar-refractivity contribution in [3.63, 3.8) is 0 Å². The van der Waals surface area contributed by atoms with Crippen LogP contribution in [0.1, 0.15) is 24.0 Å². The summed E-state index contributed by atoms with van der Waals surface area (Å²) in [7, 11) is 0. The Morgan fingerprint density at radius 2 is 1.85 bits per heavy atom. The van der Waals surface area contributed by atoms with Gasteiger partial charge in [-0.3, -0.25) is 4.90 Å². The second-order valence-electron chi connectivity index (χ2n) is 7.54. The van der Waals surface area contributed by atoms with E-state index in [4.69, 9.17) is 9.84 Å². The number of nitrogens with zero attached hydrogens (tertiary/aromatic N) is 2. The Balaban J connectivity index is 1.40. The Hall–Kier alpha value is -1.63. The first-order valence-electron chi connectivity index (χ1n) is 9.64. The van der Waals surface area contributed by atoms with Gasteiger partial charge in [0.05, 0.1) is 19.8 Å². The molecule has 144 valence electrons. The van der Waals surface area contributed by atoms with E-state index in [9.17, 15) is 4.79 Å². The van der Waals surface area contributed by atoms with E-state index in [1.54, 1.807) is 0 Å². The summed E-state index contributed by atoms with van der Waals surface area (Å²) in [4.78, 5) is 16.9. The molecule has 2 aliphatic rings. The molecule has 1 aliphatic carbocycles. The first-order valence-corrected chi connectivity index (χ1v) is 9.64. The van der Waals surface area contributed by atoms with Crippen LogP contribution >= 0.6 is 0 Å². The number of rotatable bonds is 8. The van der Waals surface area contributed by atoms with Gasteiger partial charge in [0.1, 0.15) is 0 Å². The Bertz CT molecular complexity index is 578. The number of hydrogen-bond donors (Lipinski definition) is 2. The number of amides is 2. The fourth-order valence-corrected chi connectivity index (χ4v) is 3.43. The molecule has 1 heterocycles. The minimum absolute atomic E-state index is 0.0401. The maximum Gasteiger partial charge on any atom is 0.317 e. The number of carbonyl (C=O) groups excluding carboxylic acids is 1. The molecule has 6 nitrogen and oxygen atoms in total. The Labute approximate surface area is 156 Å². The summed E-state index contributed by atoms with van der Waals surface area (Å²) in [5.41, 5.74) is 2.52. The van der Waals surface area contributed by atoms with Gasteiger partial charge in [0.25, 0.3) is 0 Å². The van der Waals surface area contributed by atoms with Crippen molar-refractivity contribution >= 4 is 6.03 Å². The molecule has 0 unspecified atom stereocenters. The standard InChI is InChI=1S/C20H31N3O3/c1-17-2-4-18(5-3-17)16-20(6-7-20)21-19(25)23-10-8-22(9-11-23)12-14-26-15-13-24/h2-5,24H,6-16H2,1H3,(H,21,25). The summed E-state index contributed by atoms with van der Waals surface area (Å²) >= 11 is 0. The van der Waals surface area contributed by atoms with E-state index in [1.807, 2.05) is 4.90 Å². The van der Waals surface area contributed by atoms with E-state index >= 15 is 0 Å². The van der Waals surface area contributed by atoms with Crippen LogP contribution in [0.15, 0.2) is 24.3 Å². The molecular formula is C20H31N3O3. The van der Waals surface area contributed by atoms with Gasteiger partial charge in [-0.15, -0.1) is 0 Å². The number of benzene rings is 1. The molecular weight excluding hydrogens is 330 g/mol. The van der Waals surface area contributed by atoms with E-state index < -0.39 is 0 Å². The van der Waals surface area contributed by atoms with E-state index in [1.165, 1.54) is 11.1 Å². The summed E-state index contributed by atoms with van der Waals surface area (Å²) in [5, 5.41) is 12.0. The van der Waals surface area contributed by atoms with Crippen molar-refractivity contribution in [3.05, 3.63) is 35.4 Å². The van der Waals surface area contributed by atoms with Crippen molar-refractivity contribution in [2.24, 2.45) is 0 Å². The van der Waals surface area contributed by atoms with Gasteiger partial charge in [-0.1, -0.05) is 29.8 Å². The predicted molar refractivity (Wildman–Crippen MR) is 101 cm³/mol. The zero-order valence-electron chi connectivity index (χ0n) is 15.7. The Morgan fingerprint density at radius 3 is 2.46 bits per heavy atom. The van der Waals surface area contributed by atoms with E-state index in [0.29, 0.717) is 13.2 Å². The van der Waals surface area contributed by atoms with Crippen LogP contribution in [0.3, 0.4) is 0 Å². The van der Waals surface area contributed by atoms with Crippen molar-refractivity contribution < 1.29 is 14.6 Å². The van der Waals surface area contributed by atoms with E-state index in [0.717, 1.165) is 52.0 Å². The van der Waals surface area contributed by atoms with Crippen LogP contribution in [0.4, 0.5) is 4.79 Å². The highest BCUT2D eigenvalue weighted by Crippen LogP contribution is 2.38. The Morgan fingerprint density at radius 1 is 1.15 bits per heavy atom. The zero-order valence-corrected chi connectivity index (χ0v) is 15.7. The first kappa shape index (κ1) is 19.1. The van der Waals surface area contributed by atoms with Crippen molar-refractivity contribution in [1.29, 1.82) is 0 Å². The molecule has 2 amide bonds. The highest BCUT2D eigenvalue weighted by molar-refractivity contribution is 5.75. The van der Waals surface area contributed by atoms with Crippen molar-refractivity contribution in [2.45, 2.75) is 31.7 Å². The second-order valence-corrected chi connectivity index (χ2v) is 7.54. The van der Waals surface area contributed by atoms with Crippen molar-refractivity contribution in [2.75, 3.05) is 52.5 Å². The van der Waals surface area contributed by atoms with Gasteiger partial charge in [0.15, 0.2) is 0 Å². The fourth-order valence-electron chi connectivity index (χ4n) is 3.43. The average molecular weight is 361 g/mol. The molecule has 0 spiro atoms. The molecule has 1 saturated heterocycles. The van der Waals surface area contributed by atoms with Gasteiger partial charge in [-0.25, -0.2) is 4.79 Å². The average Bonchev–Trinajstić information content (AvgIpc) is 3.40. The first-order chi connectivity index (χ1) is 12.6. The number of aryl methyl sites for hydroxylation is 1. The quantitative estimate of drug-likeness (QED) is 0.687. The highest BCUT2D eigenvalue weighted by atomic mass is 16.5. The molecule has 26 heavy (non-hydrogen) atoms. The van der Waals surface area contributed by atoms with Gasteiger partial charge in [0.2, 0.25) is 0 Å². The summed E-state index contributed by atoms with van der Waals surface area (Å²) in [6.45, 7) is 7.31. The van der Waals surface area contributed by atoms with Gasteiger partial charge in [-0.2, -0.15) is 0 Å². The fraction of sp³-hybridized carbons (Fsp3) is 0.650. The number of aliphatic hydroxyl groups is 1. The third-order valence-electron chi connectivity index (χ3n) is 5.34. The zero-order chi connectivity index (χ0) is 18.4. The van der Waals surface area contributed by atoms with Crippen molar-refractivity contribution in [3.8, 4) is 0 Å². The van der Waals surface area contributed by atoms with Crippen LogP contribution < -0.4 is 5.32 Å². The summed E-state index contributed by atoms with van der Waals surface area (Å²) in [6.07, 6.45) is 3.05. The molecule has 1 aromatic rings. The smallest absolute Gasteiger partial charge is 0.317 e. The molecule has 0 aromatic heterocycles. The van der Waals surface area contributed by atoms with Crippen LogP contribution in [0, 0.1) is 6.92 Å². The van der Waals surface area contributed by atoms with Gasteiger partial charge in [0, 0.05) is 38.3 Å². The summed E-state index contributed by atoms with van der Waals surface area (Å²) < 4.78 is 5.31. The molecule has 1 aliphatic heterocycles. The molecule has 1 aromatic carbocycles. The van der Waals surface area contributed by atoms with Crippen LogP contribution in [0.5, 0.6) is 0 Å². The molecule has 1 saturated carbocycles. The maximum atomic E-state index is 12.6. The topological polar surface area (TPSA) is 65.0 Å². The number of ether oxygens (including phenoxy) is 1. The van der Waals surface area contributed by atoms with Crippen molar-refractivity contribution in [1.82, 2.24) is 15.1 Å². The van der Waals surface area contributed by atoms with E-state index in [2.05, 4.69) is 41.4 Å². The van der Waals surface area contributed by atoms with Crippen LogP contribution in [0.2, 0.25) is 0 Å². The minimum atomic E-state index is -0.0401. The summed E-state index contributed by atoms with van der Waals surface area (Å²) in [5.74, 6) is 0.